The Balaban J connectivity index is 1.90. The number of carbonyl (C=O) groups excluding carboxylic acids is 1. The number of rotatable bonds is 3. The number of hydrogen-bond donors (Lipinski definition) is 1. The Bertz CT molecular complexity index is 275. The van der Waals surface area contributed by atoms with E-state index >= 15 is 0 Å². The summed E-state index contributed by atoms with van der Waals surface area (Å²) in [5.41, 5.74) is 0.329. The van der Waals surface area contributed by atoms with E-state index in [2.05, 4.69) is 5.32 Å². The molecule has 4 bridgehead atoms. The lowest BCUT2D eigenvalue weighted by atomic mass is 9.47. The predicted molar refractivity (Wildman–Crippen MR) is 64.1 cm³/mol. The van der Waals surface area contributed by atoms with Gasteiger partial charge in [0.25, 0.3) is 0 Å². The van der Waals surface area contributed by atoms with Gasteiger partial charge >= 0.3 is 0 Å². The fraction of sp³-hybridized carbons (Fsp3) is 0.929. The van der Waals surface area contributed by atoms with Crippen LogP contribution >= 0.6 is 0 Å². The standard InChI is InChI=1S/C14H23NO/c1-9(16)13(15-2)14-6-10-3-11(7-14)5-12(4-10)8-14/h10-13,15H,3-8H2,1-2H3. The number of Topliss-reactive ketones (excluding diaryl/α,β-unsaturated/α-hetero) is 1. The first-order valence-electron chi connectivity index (χ1n) is 6.81. The van der Waals surface area contributed by atoms with Crippen molar-refractivity contribution in [2.45, 2.75) is 51.5 Å². The van der Waals surface area contributed by atoms with Gasteiger partial charge in [0, 0.05) is 0 Å². The molecule has 90 valence electrons. The minimum absolute atomic E-state index is 0.126. The molecule has 16 heavy (non-hydrogen) atoms. The maximum atomic E-state index is 11.8. The van der Waals surface area contributed by atoms with E-state index in [1.54, 1.807) is 6.92 Å². The van der Waals surface area contributed by atoms with Crippen LogP contribution in [-0.2, 0) is 4.79 Å². The van der Waals surface area contributed by atoms with Crippen LogP contribution in [0.25, 0.3) is 0 Å². The van der Waals surface area contributed by atoms with Gasteiger partial charge in [0.15, 0.2) is 0 Å². The van der Waals surface area contributed by atoms with Gasteiger partial charge in [0.05, 0.1) is 6.04 Å². The first kappa shape index (κ1) is 10.8. The molecular formula is C14H23NO. The highest BCUT2D eigenvalue weighted by Crippen LogP contribution is 2.61. The molecule has 4 saturated carbocycles. The average Bonchev–Trinajstić information content (AvgIpc) is 2.14. The molecule has 0 aromatic carbocycles. The van der Waals surface area contributed by atoms with Gasteiger partial charge < -0.3 is 5.32 Å². The Hall–Kier alpha value is -0.370. The van der Waals surface area contributed by atoms with E-state index in [1.165, 1.54) is 38.5 Å². The molecule has 0 radical (unpaired) electrons. The molecule has 4 fully saturated rings. The largest absolute Gasteiger partial charge is 0.310 e. The quantitative estimate of drug-likeness (QED) is 0.793. The van der Waals surface area contributed by atoms with Gasteiger partial charge in [-0.2, -0.15) is 0 Å². The van der Waals surface area contributed by atoms with Crippen LogP contribution in [0.1, 0.15) is 45.4 Å². The summed E-state index contributed by atoms with van der Waals surface area (Å²) in [6.45, 7) is 1.76. The molecule has 2 nitrogen and oxygen atoms in total. The monoisotopic (exact) mass is 221 g/mol. The first-order valence-corrected chi connectivity index (χ1v) is 6.81. The van der Waals surface area contributed by atoms with Crippen molar-refractivity contribution < 1.29 is 4.79 Å². The second-order valence-corrected chi connectivity index (χ2v) is 6.61. The molecule has 1 unspecified atom stereocenters. The Morgan fingerprint density at radius 3 is 1.88 bits per heavy atom. The summed E-state index contributed by atoms with van der Waals surface area (Å²) in [5, 5.41) is 3.31. The van der Waals surface area contributed by atoms with Crippen LogP contribution < -0.4 is 5.32 Å². The maximum Gasteiger partial charge on any atom is 0.147 e. The summed E-state index contributed by atoms with van der Waals surface area (Å²) >= 11 is 0. The fourth-order valence-electron chi connectivity index (χ4n) is 5.47. The lowest BCUT2D eigenvalue weighted by Gasteiger charge is -2.59. The van der Waals surface area contributed by atoms with E-state index in [-0.39, 0.29) is 6.04 Å². The van der Waals surface area contributed by atoms with Crippen molar-refractivity contribution in [3.63, 3.8) is 0 Å². The van der Waals surface area contributed by atoms with Crippen molar-refractivity contribution in [2.24, 2.45) is 23.2 Å². The van der Waals surface area contributed by atoms with Crippen molar-refractivity contribution in [1.82, 2.24) is 5.32 Å². The third kappa shape index (κ3) is 1.46. The van der Waals surface area contributed by atoms with Crippen molar-refractivity contribution in [1.29, 1.82) is 0 Å². The number of carbonyl (C=O) groups is 1. The molecule has 4 aliphatic carbocycles. The van der Waals surface area contributed by atoms with Crippen LogP contribution in [0, 0.1) is 23.2 Å². The van der Waals surface area contributed by atoms with Crippen LogP contribution in [0.15, 0.2) is 0 Å². The Morgan fingerprint density at radius 1 is 1.12 bits per heavy atom. The van der Waals surface area contributed by atoms with Gasteiger partial charge in [-0.05, 0) is 75.7 Å². The normalized spacial score (nSPS) is 47.0. The average molecular weight is 221 g/mol. The molecule has 0 amide bonds. The number of nitrogens with one attached hydrogen (secondary N) is 1. The molecule has 1 atom stereocenters. The Kier molecular flexibility index (Phi) is 2.39. The number of hydrogen-bond acceptors (Lipinski definition) is 2. The summed E-state index contributed by atoms with van der Waals surface area (Å²) < 4.78 is 0. The molecule has 1 N–H and O–H groups in total. The van der Waals surface area contributed by atoms with E-state index in [0.29, 0.717) is 11.2 Å². The topological polar surface area (TPSA) is 29.1 Å². The lowest BCUT2D eigenvalue weighted by molar-refractivity contribution is -0.130. The van der Waals surface area contributed by atoms with Crippen LogP contribution in [0.4, 0.5) is 0 Å². The summed E-state index contributed by atoms with van der Waals surface area (Å²) in [5.74, 6) is 3.15. The molecule has 0 heterocycles. The third-order valence-corrected chi connectivity index (χ3v) is 5.39. The zero-order valence-electron chi connectivity index (χ0n) is 10.5. The summed E-state index contributed by atoms with van der Waals surface area (Å²) in [4.78, 5) is 11.8. The van der Waals surface area contributed by atoms with Crippen LogP contribution in [-0.4, -0.2) is 18.9 Å². The zero-order chi connectivity index (χ0) is 11.3. The molecule has 4 rings (SSSR count). The lowest BCUT2D eigenvalue weighted by Crippen LogP contribution is -2.57. The molecule has 2 heteroatoms. The Morgan fingerprint density at radius 2 is 1.56 bits per heavy atom. The highest BCUT2D eigenvalue weighted by atomic mass is 16.1. The zero-order valence-corrected chi connectivity index (χ0v) is 10.5. The molecule has 0 aliphatic heterocycles. The molecular weight excluding hydrogens is 198 g/mol. The maximum absolute atomic E-state index is 11.8. The van der Waals surface area contributed by atoms with Gasteiger partial charge in [-0.1, -0.05) is 0 Å². The minimum Gasteiger partial charge on any atom is -0.310 e. The molecule has 0 aromatic rings. The molecule has 0 spiro atoms. The van der Waals surface area contributed by atoms with Crippen LogP contribution in [0.5, 0.6) is 0 Å². The van der Waals surface area contributed by atoms with E-state index in [9.17, 15) is 4.79 Å². The second kappa shape index (κ2) is 3.56. The minimum atomic E-state index is 0.126. The first-order chi connectivity index (χ1) is 7.63. The highest BCUT2D eigenvalue weighted by Gasteiger charge is 2.54. The van der Waals surface area contributed by atoms with Crippen molar-refractivity contribution in [3.05, 3.63) is 0 Å². The number of ketones is 1. The van der Waals surface area contributed by atoms with Crippen LogP contribution in [0.3, 0.4) is 0 Å². The van der Waals surface area contributed by atoms with E-state index < -0.39 is 0 Å². The van der Waals surface area contributed by atoms with Crippen molar-refractivity contribution in [2.75, 3.05) is 7.05 Å². The van der Waals surface area contributed by atoms with Crippen molar-refractivity contribution in [3.8, 4) is 0 Å². The van der Waals surface area contributed by atoms with E-state index in [4.69, 9.17) is 0 Å². The van der Waals surface area contributed by atoms with E-state index in [0.717, 1.165) is 17.8 Å². The predicted octanol–water partition coefficient (Wildman–Crippen LogP) is 2.38. The number of likely N-dealkylation sites (N-methyl/N-ethyl adjacent to an activating group) is 1. The smallest absolute Gasteiger partial charge is 0.147 e. The van der Waals surface area contributed by atoms with Gasteiger partial charge in [-0.25, -0.2) is 0 Å². The third-order valence-electron chi connectivity index (χ3n) is 5.39. The SMILES string of the molecule is CNC(C(C)=O)C12CC3CC(CC(C3)C1)C2. The highest BCUT2D eigenvalue weighted by molar-refractivity contribution is 5.82. The van der Waals surface area contributed by atoms with Crippen molar-refractivity contribution >= 4 is 5.78 Å². The van der Waals surface area contributed by atoms with E-state index in [1.807, 2.05) is 7.05 Å². The molecule has 0 saturated heterocycles. The molecule has 4 aliphatic rings. The van der Waals surface area contributed by atoms with Gasteiger partial charge in [-0.15, -0.1) is 0 Å². The Labute approximate surface area is 98.2 Å². The van der Waals surface area contributed by atoms with Gasteiger partial charge in [0.2, 0.25) is 0 Å². The summed E-state index contributed by atoms with van der Waals surface area (Å²) in [6, 6.07) is 0.126. The summed E-state index contributed by atoms with van der Waals surface area (Å²) in [6.07, 6.45) is 8.28. The molecule has 0 aromatic heterocycles. The fourth-order valence-corrected chi connectivity index (χ4v) is 5.47. The van der Waals surface area contributed by atoms with Gasteiger partial charge in [0.1, 0.15) is 5.78 Å². The second-order valence-electron chi connectivity index (χ2n) is 6.61. The summed E-state index contributed by atoms with van der Waals surface area (Å²) in [7, 11) is 1.96. The van der Waals surface area contributed by atoms with Gasteiger partial charge in [-0.3, -0.25) is 4.79 Å². The van der Waals surface area contributed by atoms with Crippen LogP contribution in [0.2, 0.25) is 0 Å².